The van der Waals surface area contributed by atoms with Crippen molar-refractivity contribution in [2.45, 2.75) is 45.6 Å². The van der Waals surface area contributed by atoms with E-state index in [0.29, 0.717) is 11.4 Å². The van der Waals surface area contributed by atoms with Gasteiger partial charge in [-0.25, -0.2) is 8.78 Å². The second-order valence-corrected chi connectivity index (χ2v) is 10.5. The van der Waals surface area contributed by atoms with Gasteiger partial charge in [0.1, 0.15) is 11.6 Å². The molecule has 0 saturated carbocycles. The number of nitrogens with zero attached hydrogens (tertiary/aromatic N) is 1. The first kappa shape index (κ1) is 22.3. The number of anilines is 2. The van der Waals surface area contributed by atoms with Crippen LogP contribution in [0.3, 0.4) is 0 Å². The van der Waals surface area contributed by atoms with Crippen LogP contribution in [0.4, 0.5) is 20.2 Å². The molecule has 0 radical (unpaired) electrons. The molecule has 0 bridgehead atoms. The predicted molar refractivity (Wildman–Crippen MR) is 138 cm³/mol. The van der Waals surface area contributed by atoms with Gasteiger partial charge in [-0.2, -0.15) is 0 Å². The quantitative estimate of drug-likeness (QED) is 0.299. The molecule has 0 amide bonds. The first-order valence-corrected chi connectivity index (χ1v) is 11.7. The molecule has 0 unspecified atom stereocenters. The molecule has 5 rings (SSSR count). The molecule has 4 aromatic carbocycles. The summed E-state index contributed by atoms with van der Waals surface area (Å²) >= 11 is 0. The van der Waals surface area contributed by atoms with Crippen molar-refractivity contribution in [3.8, 4) is 22.3 Å². The minimum absolute atomic E-state index is 0.116. The Morgan fingerprint density at radius 1 is 0.647 bits per heavy atom. The van der Waals surface area contributed by atoms with Crippen molar-refractivity contribution in [1.82, 2.24) is 0 Å². The third kappa shape index (κ3) is 3.42. The Balaban J connectivity index is 1.74. The first-order valence-electron chi connectivity index (χ1n) is 11.7. The highest BCUT2D eigenvalue weighted by molar-refractivity contribution is 5.93. The highest BCUT2D eigenvalue weighted by atomic mass is 19.1. The van der Waals surface area contributed by atoms with E-state index in [1.807, 2.05) is 32.9 Å². The van der Waals surface area contributed by atoms with Crippen LogP contribution in [0.2, 0.25) is 0 Å². The predicted octanol–water partition coefficient (Wildman–Crippen LogP) is 8.87. The number of hydrogen-bond donors (Lipinski definition) is 0. The summed E-state index contributed by atoms with van der Waals surface area (Å²) in [5.41, 5.74) is 6.98. The molecule has 1 nitrogen and oxygen atoms in total. The first-order chi connectivity index (χ1) is 16.1. The largest absolute Gasteiger partial charge is 0.331 e. The second-order valence-electron chi connectivity index (χ2n) is 10.5. The van der Waals surface area contributed by atoms with Gasteiger partial charge in [-0.05, 0) is 78.4 Å². The van der Waals surface area contributed by atoms with Crippen LogP contribution in [0.15, 0.2) is 84.9 Å². The van der Waals surface area contributed by atoms with E-state index >= 15 is 4.39 Å². The molecule has 0 N–H and O–H groups in total. The van der Waals surface area contributed by atoms with Crippen LogP contribution in [-0.4, -0.2) is 5.54 Å². The number of rotatable bonds is 3. The number of benzene rings is 4. The zero-order valence-electron chi connectivity index (χ0n) is 20.3. The van der Waals surface area contributed by atoms with Crippen molar-refractivity contribution < 1.29 is 8.78 Å². The Kier molecular flexibility index (Phi) is 5.12. The minimum Gasteiger partial charge on any atom is -0.331 e. The van der Waals surface area contributed by atoms with Crippen molar-refractivity contribution in [2.24, 2.45) is 0 Å². The SMILES string of the molecule is CC1(C)c2ccccc2-c2c(-c3ccc(F)c(N(c4ccccc4F)C(C)(C)C)c3)cccc21. The molecule has 172 valence electrons. The molecule has 4 aromatic rings. The van der Waals surface area contributed by atoms with Gasteiger partial charge >= 0.3 is 0 Å². The molecule has 0 heterocycles. The Morgan fingerprint density at radius 3 is 2.00 bits per heavy atom. The van der Waals surface area contributed by atoms with Crippen LogP contribution in [0.5, 0.6) is 0 Å². The molecular formula is C31H29F2N. The van der Waals surface area contributed by atoms with Crippen molar-refractivity contribution >= 4 is 11.4 Å². The molecule has 0 aliphatic heterocycles. The third-order valence-corrected chi connectivity index (χ3v) is 6.87. The summed E-state index contributed by atoms with van der Waals surface area (Å²) < 4.78 is 30.2. The number of fused-ring (bicyclic) bond motifs is 3. The monoisotopic (exact) mass is 453 g/mol. The standard InChI is InChI=1S/C31H29F2N/c1-30(2,3)34(27-16-9-8-15-25(27)32)28-19-20(17-18-26(28)33)21-12-10-14-24-29(21)22-11-6-7-13-23(22)31(24,4)5/h6-19H,1-5H3. The summed E-state index contributed by atoms with van der Waals surface area (Å²) in [4.78, 5) is 1.75. The topological polar surface area (TPSA) is 3.24 Å². The van der Waals surface area contributed by atoms with E-state index in [1.54, 1.807) is 23.1 Å². The molecule has 0 fully saturated rings. The van der Waals surface area contributed by atoms with E-state index < -0.39 is 5.54 Å². The Labute approximate surface area is 200 Å². The van der Waals surface area contributed by atoms with Gasteiger partial charge in [-0.1, -0.05) is 74.5 Å². The lowest BCUT2D eigenvalue weighted by Crippen LogP contribution is -2.38. The molecule has 0 aromatic heterocycles. The highest BCUT2D eigenvalue weighted by Crippen LogP contribution is 2.52. The molecule has 1 aliphatic rings. The number of para-hydroxylation sites is 1. The van der Waals surface area contributed by atoms with Gasteiger partial charge in [-0.3, -0.25) is 0 Å². The molecule has 0 saturated heterocycles. The smallest absolute Gasteiger partial charge is 0.146 e. The van der Waals surface area contributed by atoms with Gasteiger partial charge in [0.2, 0.25) is 0 Å². The van der Waals surface area contributed by atoms with Crippen molar-refractivity contribution in [2.75, 3.05) is 4.90 Å². The minimum atomic E-state index is -0.547. The fraction of sp³-hybridized carbons (Fsp3) is 0.226. The van der Waals surface area contributed by atoms with Gasteiger partial charge in [0, 0.05) is 11.0 Å². The second kappa shape index (κ2) is 7.80. The summed E-state index contributed by atoms with van der Waals surface area (Å²) in [6, 6.07) is 26.6. The summed E-state index contributed by atoms with van der Waals surface area (Å²) in [6.07, 6.45) is 0. The highest BCUT2D eigenvalue weighted by Gasteiger charge is 2.36. The van der Waals surface area contributed by atoms with Crippen LogP contribution in [0, 0.1) is 11.6 Å². The molecule has 34 heavy (non-hydrogen) atoms. The normalized spacial score (nSPS) is 14.0. The van der Waals surface area contributed by atoms with Gasteiger partial charge in [0.25, 0.3) is 0 Å². The van der Waals surface area contributed by atoms with Gasteiger partial charge < -0.3 is 4.90 Å². The average Bonchev–Trinajstić information content (AvgIpc) is 3.03. The van der Waals surface area contributed by atoms with E-state index in [4.69, 9.17) is 0 Å². The number of hydrogen-bond acceptors (Lipinski definition) is 1. The molecule has 3 heteroatoms. The van der Waals surface area contributed by atoms with Gasteiger partial charge in [0.05, 0.1) is 11.4 Å². The lowest BCUT2D eigenvalue weighted by atomic mass is 9.82. The van der Waals surface area contributed by atoms with E-state index in [2.05, 4.69) is 56.3 Å². The van der Waals surface area contributed by atoms with E-state index in [0.717, 1.165) is 11.1 Å². The summed E-state index contributed by atoms with van der Waals surface area (Å²) in [5, 5.41) is 0. The zero-order chi connectivity index (χ0) is 24.3. The summed E-state index contributed by atoms with van der Waals surface area (Å²) in [6.45, 7) is 10.4. The summed E-state index contributed by atoms with van der Waals surface area (Å²) in [7, 11) is 0. The maximum absolute atomic E-state index is 15.4. The van der Waals surface area contributed by atoms with E-state index in [9.17, 15) is 4.39 Å². The lowest BCUT2D eigenvalue weighted by Gasteiger charge is -2.38. The fourth-order valence-electron chi connectivity index (χ4n) is 5.33. The molecule has 0 atom stereocenters. The van der Waals surface area contributed by atoms with E-state index in [1.165, 1.54) is 34.4 Å². The van der Waals surface area contributed by atoms with Crippen LogP contribution >= 0.6 is 0 Å². The van der Waals surface area contributed by atoms with E-state index in [-0.39, 0.29) is 17.0 Å². The molecular weight excluding hydrogens is 424 g/mol. The lowest BCUT2D eigenvalue weighted by molar-refractivity contribution is 0.527. The van der Waals surface area contributed by atoms with Gasteiger partial charge in [-0.15, -0.1) is 0 Å². The Bertz CT molecular complexity index is 1390. The van der Waals surface area contributed by atoms with Crippen LogP contribution in [0.1, 0.15) is 45.7 Å². The number of halogens is 2. The third-order valence-electron chi connectivity index (χ3n) is 6.87. The maximum Gasteiger partial charge on any atom is 0.146 e. The maximum atomic E-state index is 15.4. The van der Waals surface area contributed by atoms with Crippen LogP contribution < -0.4 is 4.90 Å². The molecule has 1 aliphatic carbocycles. The zero-order valence-corrected chi connectivity index (χ0v) is 20.3. The van der Waals surface area contributed by atoms with Crippen molar-refractivity contribution in [3.63, 3.8) is 0 Å². The van der Waals surface area contributed by atoms with Gasteiger partial charge in [0.15, 0.2) is 0 Å². The van der Waals surface area contributed by atoms with Crippen molar-refractivity contribution in [3.05, 3.63) is 108 Å². The fourth-order valence-corrected chi connectivity index (χ4v) is 5.33. The Morgan fingerprint density at radius 2 is 1.26 bits per heavy atom. The molecule has 0 spiro atoms. The Hall–Kier alpha value is -3.46. The summed E-state index contributed by atoms with van der Waals surface area (Å²) in [5.74, 6) is -0.756. The van der Waals surface area contributed by atoms with Crippen LogP contribution in [-0.2, 0) is 5.41 Å². The van der Waals surface area contributed by atoms with Crippen molar-refractivity contribution in [1.29, 1.82) is 0 Å². The van der Waals surface area contributed by atoms with Crippen LogP contribution in [0.25, 0.3) is 22.3 Å². The average molecular weight is 454 g/mol.